The van der Waals surface area contributed by atoms with Gasteiger partial charge in [-0.15, -0.1) is 36.2 Å². The van der Waals surface area contributed by atoms with E-state index in [1.54, 1.807) is 16.2 Å². The Morgan fingerprint density at radius 3 is 2.68 bits per heavy atom. The van der Waals surface area contributed by atoms with Crippen molar-refractivity contribution in [3.05, 3.63) is 16.1 Å². The number of halogens is 2. The van der Waals surface area contributed by atoms with Crippen LogP contribution < -0.4 is 5.32 Å². The zero-order chi connectivity index (χ0) is 12.7. The first-order chi connectivity index (χ1) is 8.13. The van der Waals surface area contributed by atoms with Crippen molar-refractivity contribution in [2.45, 2.75) is 26.2 Å². The molecular formula is C12H23Cl2N3OS. The first-order valence-corrected chi connectivity index (χ1v) is 6.81. The summed E-state index contributed by atoms with van der Waals surface area (Å²) >= 11 is 1.67. The summed E-state index contributed by atoms with van der Waals surface area (Å²) in [6.07, 6.45) is 2.39. The van der Waals surface area contributed by atoms with Crippen LogP contribution in [0, 0.1) is 6.92 Å². The molecule has 0 saturated carbocycles. The highest BCUT2D eigenvalue weighted by molar-refractivity contribution is 7.09. The molecule has 0 aromatic carbocycles. The maximum Gasteiger partial charge on any atom is 0.222 e. The van der Waals surface area contributed by atoms with E-state index in [9.17, 15) is 4.79 Å². The van der Waals surface area contributed by atoms with E-state index in [2.05, 4.69) is 15.7 Å². The highest BCUT2D eigenvalue weighted by Crippen LogP contribution is 2.10. The summed E-state index contributed by atoms with van der Waals surface area (Å²) in [6.45, 7) is 3.61. The second kappa shape index (κ2) is 11.5. The molecule has 1 aromatic rings. The molecule has 0 saturated heterocycles. The molecule has 4 nitrogen and oxygen atoms in total. The van der Waals surface area contributed by atoms with Crippen molar-refractivity contribution < 1.29 is 4.79 Å². The number of likely N-dealkylation sites (N-methyl/N-ethyl adjacent to an activating group) is 2. The fraction of sp³-hybridized carbons (Fsp3) is 0.667. The average molecular weight is 328 g/mol. The molecule has 1 aromatic heterocycles. The van der Waals surface area contributed by atoms with E-state index < -0.39 is 0 Å². The molecule has 0 atom stereocenters. The normalized spacial score (nSPS) is 9.42. The topological polar surface area (TPSA) is 45.2 Å². The Kier molecular flexibility index (Phi) is 12.6. The number of rotatable bonds is 7. The van der Waals surface area contributed by atoms with Crippen LogP contribution in [0.5, 0.6) is 0 Å². The van der Waals surface area contributed by atoms with Gasteiger partial charge in [-0.05, 0) is 26.8 Å². The summed E-state index contributed by atoms with van der Waals surface area (Å²) in [4.78, 5) is 17.9. The first kappa shape index (κ1) is 20.9. The van der Waals surface area contributed by atoms with Gasteiger partial charge in [-0.1, -0.05) is 0 Å². The minimum Gasteiger partial charge on any atom is -0.344 e. The molecular weight excluding hydrogens is 305 g/mol. The van der Waals surface area contributed by atoms with Crippen LogP contribution in [0.15, 0.2) is 5.38 Å². The van der Waals surface area contributed by atoms with E-state index >= 15 is 0 Å². The highest BCUT2D eigenvalue weighted by Gasteiger charge is 2.08. The van der Waals surface area contributed by atoms with Crippen molar-refractivity contribution >= 4 is 42.1 Å². The molecule has 0 spiro atoms. The number of hydrogen-bond donors (Lipinski definition) is 1. The number of carbonyl (C=O) groups is 1. The number of carbonyl (C=O) groups excluding carboxylic acids is 1. The molecule has 0 unspecified atom stereocenters. The molecule has 0 radical (unpaired) electrons. The third kappa shape index (κ3) is 8.42. The third-order valence-electron chi connectivity index (χ3n) is 2.61. The Bertz CT molecular complexity index is 360. The Hall–Kier alpha value is -0.360. The number of nitrogens with one attached hydrogen (secondary N) is 1. The fourth-order valence-electron chi connectivity index (χ4n) is 1.54. The zero-order valence-corrected chi connectivity index (χ0v) is 14.1. The number of thiazole rings is 1. The van der Waals surface area contributed by atoms with Crippen molar-refractivity contribution in [3.63, 3.8) is 0 Å². The van der Waals surface area contributed by atoms with Gasteiger partial charge in [0, 0.05) is 31.9 Å². The lowest BCUT2D eigenvalue weighted by molar-refractivity contribution is -0.129. The molecule has 7 heteroatoms. The first-order valence-electron chi connectivity index (χ1n) is 5.93. The average Bonchev–Trinajstić information content (AvgIpc) is 2.71. The maximum atomic E-state index is 11.7. The largest absolute Gasteiger partial charge is 0.344 e. The standard InChI is InChI=1S/C12H21N3OS.2ClH/c1-10-14-11(9-17-10)5-4-6-12(16)15(3)8-7-13-2;;/h9,13H,4-8H2,1-3H3;2*1H. The van der Waals surface area contributed by atoms with E-state index in [-0.39, 0.29) is 30.7 Å². The van der Waals surface area contributed by atoms with Crippen LogP contribution in [0.25, 0.3) is 0 Å². The number of hydrogen-bond acceptors (Lipinski definition) is 4. The minimum absolute atomic E-state index is 0. The maximum absolute atomic E-state index is 11.7. The Labute approximate surface area is 131 Å². The smallest absolute Gasteiger partial charge is 0.222 e. The molecule has 112 valence electrons. The lowest BCUT2D eigenvalue weighted by Crippen LogP contribution is -2.32. The molecule has 1 N–H and O–H groups in total. The SMILES string of the molecule is CNCCN(C)C(=O)CCCc1csc(C)n1.Cl.Cl. The Morgan fingerprint density at radius 1 is 1.47 bits per heavy atom. The molecule has 1 rings (SSSR count). The van der Waals surface area contributed by atoms with Crippen LogP contribution in [-0.2, 0) is 11.2 Å². The molecule has 0 bridgehead atoms. The van der Waals surface area contributed by atoms with Gasteiger partial charge in [0.2, 0.25) is 5.91 Å². The van der Waals surface area contributed by atoms with Gasteiger partial charge in [0.15, 0.2) is 0 Å². The van der Waals surface area contributed by atoms with Crippen LogP contribution in [0.3, 0.4) is 0 Å². The van der Waals surface area contributed by atoms with Gasteiger partial charge in [-0.2, -0.15) is 0 Å². The molecule has 19 heavy (non-hydrogen) atoms. The van der Waals surface area contributed by atoms with Crippen LogP contribution >= 0.6 is 36.2 Å². The summed E-state index contributed by atoms with van der Waals surface area (Å²) in [6, 6.07) is 0. The number of nitrogens with zero attached hydrogens (tertiary/aromatic N) is 2. The van der Waals surface area contributed by atoms with E-state index in [1.807, 2.05) is 21.0 Å². The van der Waals surface area contributed by atoms with Crippen LogP contribution in [-0.4, -0.2) is 43.0 Å². The van der Waals surface area contributed by atoms with Gasteiger partial charge in [0.1, 0.15) is 0 Å². The molecule has 0 fully saturated rings. The number of aryl methyl sites for hydroxylation is 2. The third-order valence-corrected chi connectivity index (χ3v) is 3.44. The van der Waals surface area contributed by atoms with Gasteiger partial charge < -0.3 is 10.2 Å². The predicted octanol–water partition coefficient (Wildman–Crippen LogP) is 2.30. The predicted molar refractivity (Wildman–Crippen MR) is 85.8 cm³/mol. The Balaban J connectivity index is 0. The van der Waals surface area contributed by atoms with E-state index in [1.165, 1.54) is 0 Å². The summed E-state index contributed by atoms with van der Waals surface area (Å²) in [5.41, 5.74) is 1.11. The monoisotopic (exact) mass is 327 g/mol. The second-order valence-electron chi connectivity index (χ2n) is 4.13. The van der Waals surface area contributed by atoms with Gasteiger partial charge in [-0.3, -0.25) is 4.79 Å². The van der Waals surface area contributed by atoms with E-state index in [0.717, 1.165) is 36.6 Å². The van der Waals surface area contributed by atoms with Gasteiger partial charge >= 0.3 is 0 Å². The lowest BCUT2D eigenvalue weighted by atomic mass is 10.2. The lowest BCUT2D eigenvalue weighted by Gasteiger charge is -2.16. The second-order valence-corrected chi connectivity index (χ2v) is 5.19. The quantitative estimate of drug-likeness (QED) is 0.835. The summed E-state index contributed by atoms with van der Waals surface area (Å²) in [7, 11) is 3.75. The fourth-order valence-corrected chi connectivity index (χ4v) is 2.19. The number of aromatic nitrogens is 1. The van der Waals surface area contributed by atoms with Crippen molar-refractivity contribution in [1.29, 1.82) is 0 Å². The number of amides is 1. The molecule has 1 heterocycles. The zero-order valence-electron chi connectivity index (χ0n) is 11.6. The summed E-state index contributed by atoms with van der Waals surface area (Å²) in [5, 5.41) is 6.20. The molecule has 0 aliphatic carbocycles. The summed E-state index contributed by atoms with van der Waals surface area (Å²) in [5.74, 6) is 0.215. The van der Waals surface area contributed by atoms with Crippen molar-refractivity contribution in [2.24, 2.45) is 0 Å². The summed E-state index contributed by atoms with van der Waals surface area (Å²) < 4.78 is 0. The molecule has 1 amide bonds. The van der Waals surface area contributed by atoms with Gasteiger partial charge in [0.05, 0.1) is 10.7 Å². The minimum atomic E-state index is 0. The highest BCUT2D eigenvalue weighted by atomic mass is 35.5. The van der Waals surface area contributed by atoms with Crippen molar-refractivity contribution in [1.82, 2.24) is 15.2 Å². The van der Waals surface area contributed by atoms with Crippen LogP contribution in [0.2, 0.25) is 0 Å². The Morgan fingerprint density at radius 2 is 2.16 bits per heavy atom. The van der Waals surface area contributed by atoms with Crippen molar-refractivity contribution in [3.8, 4) is 0 Å². The van der Waals surface area contributed by atoms with E-state index in [4.69, 9.17) is 0 Å². The molecule has 0 aliphatic heterocycles. The van der Waals surface area contributed by atoms with Crippen LogP contribution in [0.4, 0.5) is 0 Å². The van der Waals surface area contributed by atoms with Crippen LogP contribution in [0.1, 0.15) is 23.5 Å². The van der Waals surface area contributed by atoms with E-state index in [0.29, 0.717) is 6.42 Å². The van der Waals surface area contributed by atoms with Gasteiger partial charge in [-0.25, -0.2) is 4.98 Å². The van der Waals surface area contributed by atoms with Gasteiger partial charge in [0.25, 0.3) is 0 Å². The molecule has 0 aliphatic rings. The van der Waals surface area contributed by atoms with Crippen molar-refractivity contribution in [2.75, 3.05) is 27.2 Å².